The molecule has 0 saturated heterocycles. The molecule has 0 unspecified atom stereocenters. The third-order valence-corrected chi connectivity index (χ3v) is 2.63. The summed E-state index contributed by atoms with van der Waals surface area (Å²) in [5.74, 6) is 0.0174. The highest BCUT2D eigenvalue weighted by Crippen LogP contribution is 2.29. The van der Waals surface area contributed by atoms with Gasteiger partial charge in [-0.05, 0) is 25.5 Å². The van der Waals surface area contributed by atoms with Crippen LogP contribution in [0.5, 0.6) is 5.75 Å². The molecule has 0 N–H and O–H groups in total. The van der Waals surface area contributed by atoms with Gasteiger partial charge >= 0.3 is 0 Å². The lowest BCUT2D eigenvalue weighted by atomic mass is 10.0. The van der Waals surface area contributed by atoms with Crippen LogP contribution < -0.4 is 4.74 Å². The van der Waals surface area contributed by atoms with Crippen molar-refractivity contribution in [3.8, 4) is 16.9 Å². The zero-order valence-electron chi connectivity index (χ0n) is 10.0. The largest absolute Gasteiger partial charge is 0.491 e. The van der Waals surface area contributed by atoms with E-state index in [-0.39, 0.29) is 5.82 Å². The molecule has 2 heteroatoms. The standard InChI is InChI=1S/C15H15FO/c1-3-17-14-6-4-5-13(15(14)16)12-9-7-11(2)8-10-12/h4-10H,3H2,1-2H3. The number of halogens is 1. The minimum Gasteiger partial charge on any atom is -0.491 e. The van der Waals surface area contributed by atoms with Crippen LogP contribution in [0.15, 0.2) is 42.5 Å². The monoisotopic (exact) mass is 230 g/mol. The Labute approximate surface area is 101 Å². The highest BCUT2D eigenvalue weighted by molar-refractivity contribution is 5.66. The number of ether oxygens (including phenoxy) is 1. The lowest BCUT2D eigenvalue weighted by Gasteiger charge is -2.09. The van der Waals surface area contributed by atoms with E-state index < -0.39 is 0 Å². The maximum atomic E-state index is 14.1. The molecule has 0 aromatic heterocycles. The first kappa shape index (κ1) is 11.6. The van der Waals surface area contributed by atoms with Gasteiger partial charge in [-0.2, -0.15) is 0 Å². The molecule has 2 aromatic carbocycles. The highest BCUT2D eigenvalue weighted by atomic mass is 19.1. The molecule has 1 nitrogen and oxygen atoms in total. The van der Waals surface area contributed by atoms with Crippen molar-refractivity contribution in [1.29, 1.82) is 0 Å². The van der Waals surface area contributed by atoms with Crippen LogP contribution in [-0.2, 0) is 0 Å². The van der Waals surface area contributed by atoms with Gasteiger partial charge in [-0.15, -0.1) is 0 Å². The number of hydrogen-bond donors (Lipinski definition) is 0. The van der Waals surface area contributed by atoms with E-state index in [0.717, 1.165) is 11.1 Å². The zero-order valence-corrected chi connectivity index (χ0v) is 10.0. The van der Waals surface area contributed by atoms with Crippen molar-refractivity contribution in [3.05, 3.63) is 53.8 Å². The van der Waals surface area contributed by atoms with Crippen molar-refractivity contribution in [1.82, 2.24) is 0 Å². The van der Waals surface area contributed by atoms with Gasteiger partial charge in [0.1, 0.15) is 0 Å². The molecule has 0 spiro atoms. The molecule has 0 heterocycles. The van der Waals surface area contributed by atoms with Crippen molar-refractivity contribution in [3.63, 3.8) is 0 Å². The molecule has 2 rings (SSSR count). The molecule has 2 aromatic rings. The fraction of sp³-hybridized carbons (Fsp3) is 0.200. The summed E-state index contributed by atoms with van der Waals surface area (Å²) in [6.45, 7) is 4.32. The Morgan fingerprint density at radius 3 is 2.41 bits per heavy atom. The zero-order chi connectivity index (χ0) is 12.3. The van der Waals surface area contributed by atoms with Crippen molar-refractivity contribution < 1.29 is 9.13 Å². The van der Waals surface area contributed by atoms with E-state index in [1.807, 2.05) is 44.2 Å². The first-order valence-electron chi connectivity index (χ1n) is 5.70. The summed E-state index contributed by atoms with van der Waals surface area (Å²) in [4.78, 5) is 0. The van der Waals surface area contributed by atoms with Gasteiger partial charge in [-0.1, -0.05) is 42.0 Å². The Morgan fingerprint density at radius 1 is 1.06 bits per heavy atom. The van der Waals surface area contributed by atoms with Crippen molar-refractivity contribution in [2.45, 2.75) is 13.8 Å². The Balaban J connectivity index is 2.45. The van der Waals surface area contributed by atoms with E-state index in [2.05, 4.69) is 0 Å². The SMILES string of the molecule is CCOc1cccc(-c2ccc(C)cc2)c1F. The summed E-state index contributed by atoms with van der Waals surface area (Å²) in [5, 5.41) is 0. The van der Waals surface area contributed by atoms with Crippen molar-refractivity contribution >= 4 is 0 Å². The molecular formula is C15H15FO. The molecule has 0 radical (unpaired) electrons. The summed E-state index contributed by atoms with van der Waals surface area (Å²) in [6.07, 6.45) is 0. The van der Waals surface area contributed by atoms with Gasteiger partial charge < -0.3 is 4.74 Å². The van der Waals surface area contributed by atoms with Gasteiger partial charge in [0.05, 0.1) is 6.61 Å². The molecule has 0 aliphatic rings. The molecule has 0 atom stereocenters. The fourth-order valence-electron chi connectivity index (χ4n) is 1.73. The van der Waals surface area contributed by atoms with E-state index >= 15 is 0 Å². The Morgan fingerprint density at radius 2 is 1.76 bits per heavy atom. The number of benzene rings is 2. The van der Waals surface area contributed by atoms with Crippen molar-refractivity contribution in [2.75, 3.05) is 6.61 Å². The molecule has 17 heavy (non-hydrogen) atoms. The second-order valence-electron chi connectivity index (χ2n) is 3.92. The van der Waals surface area contributed by atoms with E-state index in [1.54, 1.807) is 12.1 Å². The van der Waals surface area contributed by atoms with E-state index in [9.17, 15) is 4.39 Å². The van der Waals surface area contributed by atoms with E-state index in [0.29, 0.717) is 17.9 Å². The Bertz CT molecular complexity index is 503. The fourth-order valence-corrected chi connectivity index (χ4v) is 1.73. The van der Waals surface area contributed by atoms with Crippen molar-refractivity contribution in [2.24, 2.45) is 0 Å². The van der Waals surface area contributed by atoms with Gasteiger partial charge in [0.2, 0.25) is 0 Å². The second kappa shape index (κ2) is 5.00. The maximum Gasteiger partial charge on any atom is 0.172 e. The predicted octanol–water partition coefficient (Wildman–Crippen LogP) is 4.20. The molecule has 0 amide bonds. The summed E-state index contributed by atoms with van der Waals surface area (Å²) in [7, 11) is 0. The Hall–Kier alpha value is -1.83. The summed E-state index contributed by atoms with van der Waals surface area (Å²) in [6, 6.07) is 13.0. The van der Waals surface area contributed by atoms with Gasteiger partial charge in [-0.25, -0.2) is 4.39 Å². The molecule has 0 aliphatic heterocycles. The normalized spacial score (nSPS) is 10.3. The van der Waals surface area contributed by atoms with Crippen LogP contribution in [0.2, 0.25) is 0 Å². The first-order chi connectivity index (χ1) is 8.22. The van der Waals surface area contributed by atoms with Crippen LogP contribution >= 0.6 is 0 Å². The topological polar surface area (TPSA) is 9.23 Å². The van der Waals surface area contributed by atoms with Crippen LogP contribution in [-0.4, -0.2) is 6.61 Å². The number of aryl methyl sites for hydroxylation is 1. The lowest BCUT2D eigenvalue weighted by molar-refractivity contribution is 0.322. The minimum atomic E-state index is -0.293. The van der Waals surface area contributed by atoms with E-state index in [1.165, 1.54) is 0 Å². The highest BCUT2D eigenvalue weighted by Gasteiger charge is 2.10. The van der Waals surface area contributed by atoms with Crippen LogP contribution in [0.25, 0.3) is 11.1 Å². The predicted molar refractivity (Wildman–Crippen MR) is 67.7 cm³/mol. The number of rotatable bonds is 3. The molecule has 0 fully saturated rings. The summed E-state index contributed by atoms with van der Waals surface area (Å²) >= 11 is 0. The first-order valence-corrected chi connectivity index (χ1v) is 5.70. The third kappa shape index (κ3) is 2.47. The van der Waals surface area contributed by atoms with E-state index in [4.69, 9.17) is 4.74 Å². The smallest absolute Gasteiger partial charge is 0.172 e. The van der Waals surface area contributed by atoms with Gasteiger partial charge in [-0.3, -0.25) is 0 Å². The minimum absolute atomic E-state index is 0.293. The number of hydrogen-bond acceptors (Lipinski definition) is 1. The van der Waals surface area contributed by atoms with Crippen LogP contribution in [0, 0.1) is 12.7 Å². The van der Waals surface area contributed by atoms with Gasteiger partial charge in [0.25, 0.3) is 0 Å². The average Bonchev–Trinajstić information content (AvgIpc) is 2.34. The summed E-state index contributed by atoms with van der Waals surface area (Å²) < 4.78 is 19.4. The Kier molecular flexibility index (Phi) is 3.43. The lowest BCUT2D eigenvalue weighted by Crippen LogP contribution is -1.96. The molecule has 88 valence electrons. The quantitative estimate of drug-likeness (QED) is 0.767. The van der Waals surface area contributed by atoms with Crippen LogP contribution in [0.1, 0.15) is 12.5 Å². The molecule has 0 saturated carbocycles. The second-order valence-corrected chi connectivity index (χ2v) is 3.92. The molecule has 0 bridgehead atoms. The molecule has 0 aliphatic carbocycles. The molecular weight excluding hydrogens is 215 g/mol. The van der Waals surface area contributed by atoms with Crippen LogP contribution in [0.3, 0.4) is 0 Å². The van der Waals surface area contributed by atoms with Gasteiger partial charge in [0.15, 0.2) is 11.6 Å². The summed E-state index contributed by atoms with van der Waals surface area (Å²) in [5.41, 5.74) is 2.61. The maximum absolute atomic E-state index is 14.1. The van der Waals surface area contributed by atoms with Crippen LogP contribution in [0.4, 0.5) is 4.39 Å². The third-order valence-electron chi connectivity index (χ3n) is 2.63. The average molecular weight is 230 g/mol. The van der Waals surface area contributed by atoms with Gasteiger partial charge in [0, 0.05) is 5.56 Å².